The van der Waals surface area contributed by atoms with E-state index in [4.69, 9.17) is 10.5 Å². The van der Waals surface area contributed by atoms with Crippen molar-refractivity contribution in [1.82, 2.24) is 0 Å². The van der Waals surface area contributed by atoms with Crippen molar-refractivity contribution in [1.29, 1.82) is 0 Å². The fraction of sp³-hybridized carbons (Fsp3) is 0.923. The van der Waals surface area contributed by atoms with E-state index in [1.807, 2.05) is 13.8 Å². The summed E-state index contributed by atoms with van der Waals surface area (Å²) in [6.07, 6.45) is 4.34. The van der Waals surface area contributed by atoms with Gasteiger partial charge in [-0.3, -0.25) is 4.79 Å². The van der Waals surface area contributed by atoms with E-state index < -0.39 is 5.41 Å². The van der Waals surface area contributed by atoms with Crippen LogP contribution in [-0.2, 0) is 9.53 Å². The van der Waals surface area contributed by atoms with Crippen molar-refractivity contribution in [3.05, 3.63) is 0 Å². The largest absolute Gasteiger partial charge is 0.462 e. The van der Waals surface area contributed by atoms with Crippen LogP contribution in [0.2, 0.25) is 0 Å². The first-order valence-corrected chi connectivity index (χ1v) is 6.18. The molecule has 1 rings (SSSR count). The van der Waals surface area contributed by atoms with E-state index in [1.165, 1.54) is 0 Å². The Hall–Kier alpha value is -0.570. The van der Waals surface area contributed by atoms with Gasteiger partial charge in [-0.2, -0.15) is 0 Å². The summed E-state index contributed by atoms with van der Waals surface area (Å²) in [6.45, 7) is 8.55. The molecule has 1 aliphatic rings. The van der Waals surface area contributed by atoms with Crippen LogP contribution in [0.25, 0.3) is 0 Å². The molecule has 0 unspecified atom stereocenters. The summed E-state index contributed by atoms with van der Waals surface area (Å²) in [6, 6.07) is 0. The number of nitrogens with two attached hydrogens (primary N) is 1. The van der Waals surface area contributed by atoms with Gasteiger partial charge in [-0.05, 0) is 44.9 Å². The van der Waals surface area contributed by atoms with Crippen LogP contribution in [0.1, 0.15) is 53.4 Å². The molecular formula is C13H25NO2. The lowest BCUT2D eigenvalue weighted by Crippen LogP contribution is -2.38. The van der Waals surface area contributed by atoms with E-state index in [1.54, 1.807) is 0 Å². The van der Waals surface area contributed by atoms with Crippen molar-refractivity contribution >= 4 is 5.97 Å². The molecule has 0 aromatic heterocycles. The Morgan fingerprint density at radius 1 is 1.38 bits per heavy atom. The van der Waals surface area contributed by atoms with E-state index in [0.29, 0.717) is 12.0 Å². The topological polar surface area (TPSA) is 52.3 Å². The van der Waals surface area contributed by atoms with Gasteiger partial charge in [0.2, 0.25) is 0 Å². The predicted octanol–water partition coefficient (Wildman–Crippen LogP) is 2.48. The second-order valence-electron chi connectivity index (χ2n) is 6.36. The highest BCUT2D eigenvalue weighted by molar-refractivity contribution is 5.76. The molecule has 3 heteroatoms. The summed E-state index contributed by atoms with van der Waals surface area (Å²) in [7, 11) is 0. The molecule has 1 aliphatic carbocycles. The number of ether oxygens (including phenoxy) is 1. The molecule has 3 nitrogen and oxygen atoms in total. The number of carbonyl (C=O) groups is 1. The summed E-state index contributed by atoms with van der Waals surface area (Å²) in [5, 5.41) is 0. The number of hydrogen-bond acceptors (Lipinski definition) is 3. The zero-order valence-electron chi connectivity index (χ0n) is 11.0. The van der Waals surface area contributed by atoms with Gasteiger partial charge in [0.15, 0.2) is 0 Å². The zero-order chi connectivity index (χ0) is 12.4. The maximum atomic E-state index is 11.8. The maximum absolute atomic E-state index is 11.8. The third kappa shape index (κ3) is 3.48. The lowest BCUT2D eigenvalue weighted by Gasteiger charge is -2.35. The molecule has 0 heterocycles. The minimum atomic E-state index is -0.549. The Labute approximate surface area is 98.7 Å². The van der Waals surface area contributed by atoms with Crippen molar-refractivity contribution < 1.29 is 9.53 Å². The van der Waals surface area contributed by atoms with Gasteiger partial charge in [-0.25, -0.2) is 0 Å². The fourth-order valence-electron chi connectivity index (χ4n) is 1.88. The maximum Gasteiger partial charge on any atom is 0.313 e. The van der Waals surface area contributed by atoms with E-state index in [0.717, 1.165) is 25.7 Å². The van der Waals surface area contributed by atoms with E-state index in [9.17, 15) is 4.79 Å². The lowest BCUT2D eigenvalue weighted by molar-refractivity contribution is -0.161. The first kappa shape index (κ1) is 13.5. The Balaban J connectivity index is 2.43. The second kappa shape index (κ2) is 4.74. The fourth-order valence-corrected chi connectivity index (χ4v) is 1.88. The molecule has 1 saturated carbocycles. The molecule has 2 N–H and O–H groups in total. The normalized spacial score (nSPS) is 21.8. The molecule has 0 bridgehead atoms. The molecule has 94 valence electrons. The first-order valence-electron chi connectivity index (χ1n) is 6.18. The molecule has 0 saturated heterocycles. The Bertz CT molecular complexity index is 249. The molecular weight excluding hydrogens is 202 g/mol. The molecule has 0 spiro atoms. The van der Waals surface area contributed by atoms with Crippen molar-refractivity contribution in [2.75, 3.05) is 6.54 Å². The molecule has 0 amide bonds. The van der Waals surface area contributed by atoms with Crippen LogP contribution in [0.15, 0.2) is 0 Å². The SMILES string of the molecule is CC1(C)CCC(OC(=O)C(C)(C)CN)CC1. The molecule has 0 atom stereocenters. The zero-order valence-corrected chi connectivity index (χ0v) is 11.0. The average Bonchev–Trinajstić information content (AvgIpc) is 2.21. The van der Waals surface area contributed by atoms with E-state index in [-0.39, 0.29) is 12.1 Å². The van der Waals surface area contributed by atoms with Crippen molar-refractivity contribution in [2.45, 2.75) is 59.5 Å². The standard InChI is InChI=1S/C13H25NO2/c1-12(2)7-5-10(6-8-12)16-11(15)13(3,4)9-14/h10H,5-9,14H2,1-4H3. The Morgan fingerprint density at radius 2 is 1.88 bits per heavy atom. The van der Waals surface area contributed by atoms with Gasteiger partial charge in [0.05, 0.1) is 5.41 Å². The molecule has 16 heavy (non-hydrogen) atoms. The van der Waals surface area contributed by atoms with Gasteiger partial charge >= 0.3 is 5.97 Å². The summed E-state index contributed by atoms with van der Waals surface area (Å²) < 4.78 is 5.52. The summed E-state index contributed by atoms with van der Waals surface area (Å²) in [5.74, 6) is -0.153. The van der Waals surface area contributed by atoms with Gasteiger partial charge in [0.1, 0.15) is 6.10 Å². The summed E-state index contributed by atoms with van der Waals surface area (Å²) >= 11 is 0. The highest BCUT2D eigenvalue weighted by Gasteiger charge is 2.33. The summed E-state index contributed by atoms with van der Waals surface area (Å²) in [5.41, 5.74) is 5.41. The molecule has 0 aromatic rings. The van der Waals surface area contributed by atoms with Crippen LogP contribution in [0, 0.1) is 10.8 Å². The van der Waals surface area contributed by atoms with Crippen LogP contribution in [0.5, 0.6) is 0 Å². The quantitative estimate of drug-likeness (QED) is 0.754. The smallest absolute Gasteiger partial charge is 0.313 e. The molecule has 0 radical (unpaired) electrons. The highest BCUT2D eigenvalue weighted by atomic mass is 16.5. The Morgan fingerprint density at radius 3 is 2.31 bits per heavy atom. The van der Waals surface area contributed by atoms with Crippen molar-refractivity contribution in [2.24, 2.45) is 16.6 Å². The monoisotopic (exact) mass is 227 g/mol. The third-order valence-corrected chi connectivity index (χ3v) is 3.62. The van der Waals surface area contributed by atoms with E-state index in [2.05, 4.69) is 13.8 Å². The van der Waals surface area contributed by atoms with Crippen LogP contribution in [-0.4, -0.2) is 18.6 Å². The summed E-state index contributed by atoms with van der Waals surface area (Å²) in [4.78, 5) is 11.8. The number of rotatable bonds is 3. The number of hydrogen-bond donors (Lipinski definition) is 1. The van der Waals surface area contributed by atoms with Crippen LogP contribution in [0.4, 0.5) is 0 Å². The van der Waals surface area contributed by atoms with Crippen LogP contribution >= 0.6 is 0 Å². The highest BCUT2D eigenvalue weighted by Crippen LogP contribution is 2.36. The minimum Gasteiger partial charge on any atom is -0.462 e. The van der Waals surface area contributed by atoms with Crippen molar-refractivity contribution in [3.63, 3.8) is 0 Å². The third-order valence-electron chi connectivity index (χ3n) is 3.62. The van der Waals surface area contributed by atoms with Crippen LogP contribution in [0.3, 0.4) is 0 Å². The van der Waals surface area contributed by atoms with Gasteiger partial charge in [-0.1, -0.05) is 13.8 Å². The van der Waals surface area contributed by atoms with E-state index >= 15 is 0 Å². The lowest BCUT2D eigenvalue weighted by atomic mass is 9.76. The second-order valence-corrected chi connectivity index (χ2v) is 6.36. The molecule has 1 fully saturated rings. The Kier molecular flexibility index (Phi) is 4.00. The molecule has 0 aliphatic heterocycles. The van der Waals surface area contributed by atoms with Gasteiger partial charge in [0.25, 0.3) is 0 Å². The minimum absolute atomic E-state index is 0.103. The predicted molar refractivity (Wildman–Crippen MR) is 65.0 cm³/mol. The van der Waals surface area contributed by atoms with Gasteiger partial charge in [-0.15, -0.1) is 0 Å². The number of esters is 1. The first-order chi connectivity index (χ1) is 7.27. The van der Waals surface area contributed by atoms with Gasteiger partial charge < -0.3 is 10.5 Å². The van der Waals surface area contributed by atoms with Crippen LogP contribution < -0.4 is 5.73 Å². The average molecular weight is 227 g/mol. The van der Waals surface area contributed by atoms with Crippen molar-refractivity contribution in [3.8, 4) is 0 Å². The molecule has 0 aromatic carbocycles. The van der Waals surface area contributed by atoms with Gasteiger partial charge in [0, 0.05) is 6.54 Å². The number of carbonyl (C=O) groups excluding carboxylic acids is 1.